The molecule has 0 aliphatic carbocycles. The smallest absolute Gasteiger partial charge is 0.0594 e. The lowest BCUT2D eigenvalue weighted by Crippen LogP contribution is -2.50. The molecule has 0 aromatic carbocycles. The fraction of sp³-hybridized carbons (Fsp3) is 1.00. The molecule has 0 aromatic rings. The van der Waals surface area contributed by atoms with Gasteiger partial charge in [0.05, 0.1) is 13.2 Å². The van der Waals surface area contributed by atoms with Crippen molar-refractivity contribution in [1.82, 2.24) is 9.80 Å². The summed E-state index contributed by atoms with van der Waals surface area (Å²) in [7, 11) is 0. The Bertz CT molecular complexity index is 246. The first-order chi connectivity index (χ1) is 8.53. The number of nitrogens with zero attached hydrogens (tertiary/aromatic N) is 2. The van der Waals surface area contributed by atoms with Crippen molar-refractivity contribution in [3.8, 4) is 0 Å². The van der Waals surface area contributed by atoms with Gasteiger partial charge in [0.25, 0.3) is 0 Å². The Balaban J connectivity index is 1.75. The van der Waals surface area contributed by atoms with Crippen molar-refractivity contribution in [3.05, 3.63) is 0 Å². The van der Waals surface area contributed by atoms with Crippen LogP contribution in [0.1, 0.15) is 26.7 Å². The highest BCUT2D eigenvalue weighted by Gasteiger charge is 2.25. The topological polar surface area (TPSA) is 41.7 Å². The van der Waals surface area contributed by atoms with E-state index in [1.54, 1.807) is 0 Å². The van der Waals surface area contributed by atoms with Crippen molar-refractivity contribution in [1.29, 1.82) is 0 Å². The number of rotatable bonds is 4. The molecule has 2 rings (SSSR count). The third kappa shape index (κ3) is 4.84. The zero-order valence-corrected chi connectivity index (χ0v) is 12.0. The van der Waals surface area contributed by atoms with E-state index < -0.39 is 0 Å². The van der Waals surface area contributed by atoms with Gasteiger partial charge in [-0.2, -0.15) is 0 Å². The summed E-state index contributed by atoms with van der Waals surface area (Å²) in [6, 6.07) is 0. The van der Waals surface area contributed by atoms with E-state index in [0.717, 1.165) is 38.8 Å². The molecular formula is C14H29N3O. The Morgan fingerprint density at radius 1 is 1.17 bits per heavy atom. The lowest BCUT2D eigenvalue weighted by atomic mass is 9.95. The van der Waals surface area contributed by atoms with E-state index in [4.69, 9.17) is 10.5 Å². The second-order valence-corrected chi connectivity index (χ2v) is 6.64. The van der Waals surface area contributed by atoms with Crippen molar-refractivity contribution in [3.63, 3.8) is 0 Å². The van der Waals surface area contributed by atoms with E-state index in [2.05, 4.69) is 23.6 Å². The standard InChI is InChI=1S/C14H29N3O/c1-14(2,15)12-17-5-3-4-13(11-17)10-16-6-8-18-9-7-16/h13H,3-12,15H2,1-2H3/t13-/m0/s1. The van der Waals surface area contributed by atoms with Crippen LogP contribution in [0, 0.1) is 5.92 Å². The third-order valence-corrected chi connectivity index (χ3v) is 3.85. The number of nitrogens with two attached hydrogens (primary N) is 1. The van der Waals surface area contributed by atoms with Crippen molar-refractivity contribution >= 4 is 0 Å². The van der Waals surface area contributed by atoms with Crippen LogP contribution in [0.3, 0.4) is 0 Å². The maximum atomic E-state index is 6.13. The SMILES string of the molecule is CC(C)(N)CN1CCC[C@@H](CN2CCOCC2)C1. The van der Waals surface area contributed by atoms with Crippen LogP contribution >= 0.6 is 0 Å². The quantitative estimate of drug-likeness (QED) is 0.805. The van der Waals surface area contributed by atoms with Crippen LogP contribution in [0.4, 0.5) is 0 Å². The summed E-state index contributed by atoms with van der Waals surface area (Å²) < 4.78 is 5.41. The minimum absolute atomic E-state index is 0.0686. The summed E-state index contributed by atoms with van der Waals surface area (Å²) in [6.45, 7) is 13.0. The number of ether oxygens (including phenoxy) is 1. The van der Waals surface area contributed by atoms with Crippen LogP contribution in [-0.2, 0) is 4.74 Å². The van der Waals surface area contributed by atoms with Crippen LogP contribution in [-0.4, -0.2) is 67.8 Å². The Morgan fingerprint density at radius 2 is 1.89 bits per heavy atom. The molecule has 0 saturated carbocycles. The zero-order chi connectivity index (χ0) is 13.0. The monoisotopic (exact) mass is 255 g/mol. The van der Waals surface area contributed by atoms with Crippen molar-refractivity contribution in [2.75, 3.05) is 52.5 Å². The molecule has 0 bridgehead atoms. The summed E-state index contributed by atoms with van der Waals surface area (Å²) in [5, 5.41) is 0. The minimum Gasteiger partial charge on any atom is -0.379 e. The second kappa shape index (κ2) is 6.33. The molecule has 0 spiro atoms. The van der Waals surface area contributed by atoms with Gasteiger partial charge in [0.15, 0.2) is 0 Å². The van der Waals surface area contributed by atoms with Gasteiger partial charge in [-0.15, -0.1) is 0 Å². The van der Waals surface area contributed by atoms with Gasteiger partial charge < -0.3 is 15.4 Å². The number of morpholine rings is 1. The highest BCUT2D eigenvalue weighted by Crippen LogP contribution is 2.19. The average Bonchev–Trinajstić information content (AvgIpc) is 2.28. The summed E-state index contributed by atoms with van der Waals surface area (Å²) in [4.78, 5) is 5.11. The lowest BCUT2D eigenvalue weighted by Gasteiger charge is -2.39. The molecule has 2 fully saturated rings. The first-order valence-electron chi connectivity index (χ1n) is 7.34. The van der Waals surface area contributed by atoms with Gasteiger partial charge in [-0.25, -0.2) is 0 Å². The van der Waals surface area contributed by atoms with E-state index in [1.165, 1.54) is 32.5 Å². The lowest BCUT2D eigenvalue weighted by molar-refractivity contribution is 0.0219. The van der Waals surface area contributed by atoms with Gasteiger partial charge in [0, 0.05) is 38.3 Å². The Hall–Kier alpha value is -0.160. The van der Waals surface area contributed by atoms with Gasteiger partial charge in [-0.1, -0.05) is 0 Å². The highest BCUT2D eigenvalue weighted by atomic mass is 16.5. The summed E-state index contributed by atoms with van der Waals surface area (Å²) in [5.41, 5.74) is 6.06. The van der Waals surface area contributed by atoms with Crippen LogP contribution in [0.5, 0.6) is 0 Å². The van der Waals surface area contributed by atoms with E-state index in [1.807, 2.05) is 0 Å². The molecule has 4 nitrogen and oxygen atoms in total. The van der Waals surface area contributed by atoms with E-state index in [0.29, 0.717) is 0 Å². The van der Waals surface area contributed by atoms with Gasteiger partial charge in [0.2, 0.25) is 0 Å². The molecule has 0 radical (unpaired) electrons. The van der Waals surface area contributed by atoms with Gasteiger partial charge in [0.1, 0.15) is 0 Å². The highest BCUT2D eigenvalue weighted by molar-refractivity contribution is 4.82. The fourth-order valence-electron chi connectivity index (χ4n) is 3.17. The molecule has 106 valence electrons. The number of hydrogen-bond donors (Lipinski definition) is 1. The summed E-state index contributed by atoms with van der Waals surface area (Å²) in [6.07, 6.45) is 2.70. The Kier molecular flexibility index (Phi) is 5.01. The number of likely N-dealkylation sites (tertiary alicyclic amines) is 1. The molecule has 0 amide bonds. The van der Waals surface area contributed by atoms with Gasteiger partial charge in [-0.3, -0.25) is 4.90 Å². The molecular weight excluding hydrogens is 226 g/mol. The molecule has 2 saturated heterocycles. The molecule has 2 aliphatic rings. The van der Waals surface area contributed by atoms with Crippen LogP contribution in [0.25, 0.3) is 0 Å². The normalized spacial score (nSPS) is 28.5. The van der Waals surface area contributed by atoms with Crippen LogP contribution in [0.15, 0.2) is 0 Å². The number of hydrogen-bond acceptors (Lipinski definition) is 4. The van der Waals surface area contributed by atoms with Gasteiger partial charge in [-0.05, 0) is 39.2 Å². The maximum Gasteiger partial charge on any atom is 0.0594 e. The second-order valence-electron chi connectivity index (χ2n) is 6.64. The van der Waals surface area contributed by atoms with Gasteiger partial charge >= 0.3 is 0 Å². The molecule has 1 atom stereocenters. The molecule has 2 aliphatic heterocycles. The van der Waals surface area contributed by atoms with Crippen molar-refractivity contribution in [2.45, 2.75) is 32.2 Å². The van der Waals surface area contributed by atoms with Crippen molar-refractivity contribution in [2.24, 2.45) is 11.7 Å². The first-order valence-corrected chi connectivity index (χ1v) is 7.34. The maximum absolute atomic E-state index is 6.13. The molecule has 18 heavy (non-hydrogen) atoms. The molecule has 2 heterocycles. The third-order valence-electron chi connectivity index (χ3n) is 3.85. The molecule has 4 heteroatoms. The number of piperidine rings is 1. The first kappa shape index (κ1) is 14.3. The predicted molar refractivity (Wildman–Crippen MR) is 74.7 cm³/mol. The summed E-state index contributed by atoms with van der Waals surface area (Å²) >= 11 is 0. The molecule has 2 N–H and O–H groups in total. The average molecular weight is 255 g/mol. The Morgan fingerprint density at radius 3 is 2.56 bits per heavy atom. The van der Waals surface area contributed by atoms with Crippen LogP contribution < -0.4 is 5.73 Å². The predicted octanol–water partition coefficient (Wildman–Crippen LogP) is 0.768. The van der Waals surface area contributed by atoms with E-state index >= 15 is 0 Å². The van der Waals surface area contributed by atoms with Crippen LogP contribution in [0.2, 0.25) is 0 Å². The largest absolute Gasteiger partial charge is 0.379 e. The van der Waals surface area contributed by atoms with Crippen molar-refractivity contribution < 1.29 is 4.74 Å². The summed E-state index contributed by atoms with van der Waals surface area (Å²) in [5.74, 6) is 0.819. The zero-order valence-electron chi connectivity index (χ0n) is 12.0. The molecule has 0 unspecified atom stereocenters. The Labute approximate surface area is 111 Å². The fourth-order valence-corrected chi connectivity index (χ4v) is 3.17. The van der Waals surface area contributed by atoms with E-state index in [-0.39, 0.29) is 5.54 Å². The molecule has 0 aromatic heterocycles. The minimum atomic E-state index is -0.0686. The van der Waals surface area contributed by atoms with E-state index in [9.17, 15) is 0 Å².